The lowest BCUT2D eigenvalue weighted by atomic mass is 10.3. The minimum atomic E-state index is -4.45. The number of halogens is 3. The van der Waals surface area contributed by atoms with Crippen molar-refractivity contribution in [2.45, 2.75) is 12.7 Å². The van der Waals surface area contributed by atoms with Gasteiger partial charge >= 0.3 is 11.9 Å². The molecule has 2 rings (SSSR count). The van der Waals surface area contributed by atoms with Crippen molar-refractivity contribution in [3.63, 3.8) is 0 Å². The first-order valence-electron chi connectivity index (χ1n) is 7.49. The Morgan fingerprint density at radius 1 is 1.19 bits per heavy atom. The number of carbonyl (C=O) groups is 1. The summed E-state index contributed by atoms with van der Waals surface area (Å²) in [6, 6.07) is 3.27. The van der Waals surface area contributed by atoms with Crippen molar-refractivity contribution in [3.8, 4) is 0 Å². The molecule has 0 bridgehead atoms. The van der Waals surface area contributed by atoms with Crippen LogP contribution in [0.15, 0.2) is 40.2 Å². The van der Waals surface area contributed by atoms with Crippen LogP contribution in [-0.2, 0) is 24.6 Å². The van der Waals surface area contributed by atoms with Crippen molar-refractivity contribution in [2.75, 3.05) is 18.4 Å². The van der Waals surface area contributed by atoms with E-state index in [0.717, 1.165) is 15.2 Å². The zero-order chi connectivity index (χ0) is 19.3. The number of hydrogen-bond acceptors (Lipinski definition) is 5. The first-order valence-corrected chi connectivity index (χ1v) is 7.49. The summed E-state index contributed by atoms with van der Waals surface area (Å²) in [5.41, 5.74) is -1.93. The van der Waals surface area contributed by atoms with E-state index in [-0.39, 0.29) is 25.5 Å². The number of pyridine rings is 1. The highest BCUT2D eigenvalue weighted by Gasteiger charge is 2.30. The molecule has 1 amide bonds. The lowest BCUT2D eigenvalue weighted by Crippen LogP contribution is -2.40. The molecule has 140 valence electrons. The fraction of sp³-hybridized carbons (Fsp3) is 0.333. The first-order chi connectivity index (χ1) is 12.2. The first kappa shape index (κ1) is 19.2. The molecule has 0 unspecified atom stereocenters. The standard InChI is InChI=1S/C15H16F3N5O3/c1-22-13(25)4-7-23(14(22)26)9-12(24)20-6-5-19-11-3-2-10(8-21-11)15(16,17)18/h2-4,7-8H,5-6,9H2,1H3,(H,19,21)(H,20,24). The quantitative estimate of drug-likeness (QED) is 0.707. The average Bonchev–Trinajstić information content (AvgIpc) is 2.59. The molecule has 0 spiro atoms. The summed E-state index contributed by atoms with van der Waals surface area (Å²) in [5.74, 6) is -0.213. The van der Waals surface area contributed by atoms with Gasteiger partial charge in [0.25, 0.3) is 5.56 Å². The Morgan fingerprint density at radius 3 is 2.54 bits per heavy atom. The van der Waals surface area contributed by atoms with Crippen LogP contribution in [-0.4, -0.2) is 33.1 Å². The summed E-state index contributed by atoms with van der Waals surface area (Å²) in [7, 11) is 1.31. The predicted molar refractivity (Wildman–Crippen MR) is 86.7 cm³/mol. The third kappa shape index (κ3) is 4.94. The fourth-order valence-corrected chi connectivity index (χ4v) is 2.01. The highest BCUT2D eigenvalue weighted by atomic mass is 19.4. The highest BCUT2D eigenvalue weighted by molar-refractivity contribution is 5.75. The molecule has 0 saturated heterocycles. The molecule has 0 aliphatic heterocycles. The summed E-state index contributed by atoms with van der Waals surface area (Å²) < 4.78 is 39.2. The number of nitrogens with one attached hydrogen (secondary N) is 2. The fourth-order valence-electron chi connectivity index (χ4n) is 2.01. The number of alkyl halides is 3. The summed E-state index contributed by atoms with van der Waals surface area (Å²) in [5, 5.41) is 5.31. The lowest BCUT2D eigenvalue weighted by Gasteiger charge is -2.10. The summed E-state index contributed by atoms with van der Waals surface area (Å²) in [6.07, 6.45) is -2.50. The van der Waals surface area contributed by atoms with Crippen LogP contribution in [0.1, 0.15) is 5.56 Å². The van der Waals surface area contributed by atoms with E-state index in [9.17, 15) is 27.6 Å². The van der Waals surface area contributed by atoms with Gasteiger partial charge in [-0.05, 0) is 12.1 Å². The van der Waals surface area contributed by atoms with E-state index in [1.54, 1.807) is 0 Å². The maximum atomic E-state index is 12.4. The van der Waals surface area contributed by atoms with E-state index in [2.05, 4.69) is 15.6 Å². The molecule has 0 atom stereocenters. The molecule has 26 heavy (non-hydrogen) atoms. The number of hydrogen-bond donors (Lipinski definition) is 2. The van der Waals surface area contributed by atoms with E-state index in [1.807, 2.05) is 0 Å². The zero-order valence-electron chi connectivity index (χ0n) is 13.7. The number of amides is 1. The van der Waals surface area contributed by atoms with Crippen LogP contribution in [0.25, 0.3) is 0 Å². The summed E-state index contributed by atoms with van der Waals surface area (Å²) in [4.78, 5) is 38.5. The van der Waals surface area contributed by atoms with Crippen LogP contribution >= 0.6 is 0 Å². The van der Waals surface area contributed by atoms with Crippen LogP contribution < -0.4 is 21.9 Å². The van der Waals surface area contributed by atoms with Gasteiger partial charge in [0.05, 0.1) is 5.56 Å². The summed E-state index contributed by atoms with van der Waals surface area (Å²) in [6.45, 7) is 0.139. The molecule has 0 saturated carbocycles. The average molecular weight is 371 g/mol. The van der Waals surface area contributed by atoms with Gasteiger partial charge < -0.3 is 10.6 Å². The molecule has 0 fully saturated rings. The smallest absolute Gasteiger partial charge is 0.368 e. The number of nitrogens with zero attached hydrogens (tertiary/aromatic N) is 3. The Hall–Kier alpha value is -3.11. The molecule has 2 aromatic heterocycles. The second kappa shape index (κ2) is 7.85. The van der Waals surface area contributed by atoms with Crippen molar-refractivity contribution in [2.24, 2.45) is 7.05 Å². The summed E-state index contributed by atoms with van der Waals surface area (Å²) >= 11 is 0. The van der Waals surface area contributed by atoms with Crippen LogP contribution in [0, 0.1) is 0 Å². The lowest BCUT2D eigenvalue weighted by molar-refractivity contribution is -0.137. The van der Waals surface area contributed by atoms with Crippen molar-refractivity contribution in [1.29, 1.82) is 0 Å². The minimum absolute atomic E-state index is 0.169. The third-order valence-corrected chi connectivity index (χ3v) is 3.42. The Morgan fingerprint density at radius 2 is 1.92 bits per heavy atom. The van der Waals surface area contributed by atoms with Crippen molar-refractivity contribution in [1.82, 2.24) is 19.4 Å². The zero-order valence-corrected chi connectivity index (χ0v) is 13.7. The van der Waals surface area contributed by atoms with Gasteiger partial charge in [-0.15, -0.1) is 0 Å². The van der Waals surface area contributed by atoms with Gasteiger partial charge in [-0.2, -0.15) is 13.2 Å². The molecule has 0 aromatic carbocycles. The van der Waals surface area contributed by atoms with E-state index in [0.29, 0.717) is 6.20 Å². The SMILES string of the molecule is Cn1c(=O)ccn(CC(=O)NCCNc2ccc(C(F)(F)F)cn2)c1=O. The minimum Gasteiger partial charge on any atom is -0.368 e. The predicted octanol–water partition coefficient (Wildman–Crippen LogP) is 0.189. The molecule has 2 heterocycles. The van der Waals surface area contributed by atoms with Crippen LogP contribution in [0.5, 0.6) is 0 Å². The van der Waals surface area contributed by atoms with Gasteiger partial charge in [0.15, 0.2) is 0 Å². The van der Waals surface area contributed by atoms with Gasteiger partial charge in [-0.25, -0.2) is 9.78 Å². The molecule has 0 aliphatic carbocycles. The van der Waals surface area contributed by atoms with Gasteiger partial charge in [0.1, 0.15) is 12.4 Å². The second-order valence-corrected chi connectivity index (χ2v) is 5.33. The monoisotopic (exact) mass is 371 g/mol. The molecule has 2 aromatic rings. The third-order valence-electron chi connectivity index (χ3n) is 3.42. The molecule has 0 aliphatic rings. The number of aromatic nitrogens is 3. The maximum absolute atomic E-state index is 12.4. The van der Waals surface area contributed by atoms with Gasteiger partial charge in [-0.3, -0.25) is 18.7 Å². The van der Waals surface area contributed by atoms with Gasteiger partial charge in [-0.1, -0.05) is 0 Å². The highest BCUT2D eigenvalue weighted by Crippen LogP contribution is 2.28. The normalized spacial score (nSPS) is 11.2. The van der Waals surface area contributed by atoms with Crippen molar-refractivity contribution < 1.29 is 18.0 Å². The largest absolute Gasteiger partial charge is 0.417 e. The van der Waals surface area contributed by atoms with E-state index in [1.165, 1.54) is 25.4 Å². The Labute approximate surface area is 145 Å². The van der Waals surface area contributed by atoms with Gasteiger partial charge in [0.2, 0.25) is 5.91 Å². The number of carbonyl (C=O) groups excluding carboxylic acids is 1. The molecule has 2 N–H and O–H groups in total. The second-order valence-electron chi connectivity index (χ2n) is 5.33. The molecule has 0 radical (unpaired) electrons. The Bertz CT molecular complexity index is 887. The number of anilines is 1. The van der Waals surface area contributed by atoms with Crippen molar-refractivity contribution in [3.05, 3.63) is 57.0 Å². The van der Waals surface area contributed by atoms with Crippen LogP contribution in [0.2, 0.25) is 0 Å². The van der Waals surface area contributed by atoms with E-state index < -0.39 is 28.9 Å². The molecule has 8 nitrogen and oxygen atoms in total. The number of rotatable bonds is 6. The van der Waals surface area contributed by atoms with Gasteiger partial charge in [0, 0.05) is 38.6 Å². The molecule has 11 heteroatoms. The van der Waals surface area contributed by atoms with Crippen LogP contribution in [0.4, 0.5) is 19.0 Å². The Kier molecular flexibility index (Phi) is 5.80. The topological polar surface area (TPSA) is 98.0 Å². The molecular formula is C15H16F3N5O3. The van der Waals surface area contributed by atoms with Crippen LogP contribution in [0.3, 0.4) is 0 Å². The maximum Gasteiger partial charge on any atom is 0.417 e. The van der Waals surface area contributed by atoms with E-state index in [4.69, 9.17) is 0 Å². The Balaban J connectivity index is 1.79. The molecular weight excluding hydrogens is 355 g/mol. The van der Waals surface area contributed by atoms with E-state index >= 15 is 0 Å². The van der Waals surface area contributed by atoms with Crippen molar-refractivity contribution >= 4 is 11.7 Å².